The smallest absolute Gasteiger partial charge is 0.305 e. The lowest BCUT2D eigenvalue weighted by Gasteiger charge is -2.37. The molecule has 3 aromatic heterocycles. The molecule has 95 heavy (non-hydrogen) atoms. The number of ether oxygens (including phenoxy) is 1. The van der Waals surface area contributed by atoms with Gasteiger partial charge >= 0.3 is 5.97 Å². The van der Waals surface area contributed by atoms with Crippen molar-refractivity contribution in [2.45, 2.75) is 139 Å². The minimum Gasteiger partial charge on any atom is -0.497 e. The number of nitrogens with zero attached hydrogens (tertiary/aromatic N) is 2. The summed E-state index contributed by atoms with van der Waals surface area (Å²) in [5.41, 5.74) is 7.77. The molecule has 0 radical (unpaired) electrons. The molecule has 8 atom stereocenters. The first-order valence-electron chi connectivity index (χ1n) is 30.8. The summed E-state index contributed by atoms with van der Waals surface area (Å²) in [4.78, 5) is 170. The van der Waals surface area contributed by atoms with Gasteiger partial charge in [-0.15, -0.1) is 0 Å². The molecule has 500 valence electrons. The number of hydrogen-bond donors (Lipinski definition) is 13. The van der Waals surface area contributed by atoms with Crippen LogP contribution in [0.5, 0.6) is 5.75 Å². The van der Waals surface area contributed by atoms with Crippen LogP contribution in [-0.4, -0.2) is 156 Å². The van der Waals surface area contributed by atoms with Crippen LogP contribution in [-0.2, 0) is 91.4 Å². The largest absolute Gasteiger partial charge is 0.497 e. The molecule has 7 aromatic rings. The topological polar surface area (TPSA) is 403 Å². The van der Waals surface area contributed by atoms with Gasteiger partial charge in [0.1, 0.15) is 65.2 Å². The zero-order chi connectivity index (χ0) is 68.1. The molecule has 3 aliphatic heterocycles. The molecule has 0 aliphatic carbocycles. The maximum atomic E-state index is 15.2. The van der Waals surface area contributed by atoms with Crippen molar-refractivity contribution in [2.24, 2.45) is 5.73 Å². The molecule has 0 saturated carbocycles. The number of carboxylic acids is 1. The third-order valence-corrected chi connectivity index (χ3v) is 17.0. The van der Waals surface area contributed by atoms with E-state index < -0.39 is 137 Å². The van der Waals surface area contributed by atoms with Gasteiger partial charge in [-0.25, -0.2) is 13.8 Å². The molecule has 1 fully saturated rings. The summed E-state index contributed by atoms with van der Waals surface area (Å²) in [6.07, 6.45) is 3.24. The maximum absolute atomic E-state index is 15.2. The number of methoxy groups -OCH3 is 1. The van der Waals surface area contributed by atoms with E-state index in [2.05, 4.69) is 62.5 Å². The Morgan fingerprint density at radius 3 is 1.76 bits per heavy atom. The molecule has 1 saturated heterocycles. The molecule has 29 heteroatoms. The van der Waals surface area contributed by atoms with Crippen LogP contribution in [0.2, 0.25) is 0 Å². The molecular formula is C66H74F2N14O13. The number of rotatable bonds is 12. The molecule has 6 heterocycles. The quantitative estimate of drug-likeness (QED) is 0.0776. The molecule has 4 aromatic carbocycles. The molecular weight excluding hydrogens is 1230 g/mol. The second-order valence-electron chi connectivity index (χ2n) is 23.9. The van der Waals surface area contributed by atoms with Crippen LogP contribution in [0.4, 0.5) is 8.78 Å². The van der Waals surface area contributed by atoms with E-state index in [1.165, 1.54) is 87.2 Å². The van der Waals surface area contributed by atoms with E-state index >= 15 is 9.59 Å². The molecule has 27 nitrogen and oxygen atoms in total. The van der Waals surface area contributed by atoms with Crippen molar-refractivity contribution in [3.05, 3.63) is 155 Å². The summed E-state index contributed by atoms with van der Waals surface area (Å²) in [5, 5.41) is 32.0. The maximum Gasteiger partial charge on any atom is 0.305 e. The van der Waals surface area contributed by atoms with Gasteiger partial charge in [-0.1, -0.05) is 36.4 Å². The van der Waals surface area contributed by atoms with Gasteiger partial charge in [0, 0.05) is 104 Å². The summed E-state index contributed by atoms with van der Waals surface area (Å²) >= 11 is 0. The van der Waals surface area contributed by atoms with Crippen molar-refractivity contribution >= 4 is 86.8 Å². The second kappa shape index (κ2) is 30.6. The van der Waals surface area contributed by atoms with E-state index in [-0.39, 0.29) is 81.1 Å². The van der Waals surface area contributed by atoms with Crippen molar-refractivity contribution in [3.8, 4) is 5.75 Å². The first-order valence-corrected chi connectivity index (χ1v) is 30.8. The van der Waals surface area contributed by atoms with Gasteiger partial charge in [0.05, 0.1) is 19.9 Å². The van der Waals surface area contributed by atoms with Crippen molar-refractivity contribution < 1.29 is 71.4 Å². The van der Waals surface area contributed by atoms with Crippen molar-refractivity contribution in [3.63, 3.8) is 0 Å². The van der Waals surface area contributed by atoms with E-state index in [0.29, 0.717) is 50.8 Å². The third kappa shape index (κ3) is 17.6. The number of imidazole rings is 1. The monoisotopic (exact) mass is 1310 g/mol. The Morgan fingerprint density at radius 2 is 1.19 bits per heavy atom. The van der Waals surface area contributed by atoms with E-state index in [1.54, 1.807) is 48.5 Å². The standard InChI is InChI=1S/C66H74F2N14O13/c1-35-59(88)76-50(24-39-31-71-47-18-14-41(67)26-45(39)47)60(89)77-51(25-40-32-72-48-19-15-42(68)27-46(40)48)61(90)79-53(29-57(85)86)63(92)78-52(28-43-33-70-34-74-43)62(91)80-54(23-37-12-16-44(95-3)17-13-37)64(93)82-21-5-20-66(82,2)65(94)81-49(58(69)87)22-36-8-10-38(11-9-36)30-73-55(83)6-4-7-56(84)75-35/h8-19,26-27,31-35,49-54,71-72H,4-7,20-25,28-30H2,1-3H3,(H2,69,87)(H,70,74)(H,73,83)(H,75,84)(H,76,88)(H,77,89)(H,78,92)(H,79,90)(H,80,91)(H,81,94)(H,85,86)/t35-,49+,50+,51+,52+,53+,54+,66+/m1/s1. The van der Waals surface area contributed by atoms with E-state index in [9.17, 15) is 57.0 Å². The predicted octanol–water partition coefficient (Wildman–Crippen LogP) is 1.73. The minimum atomic E-state index is -2.02. The van der Waals surface area contributed by atoms with Crippen LogP contribution in [0.25, 0.3) is 21.8 Å². The van der Waals surface area contributed by atoms with Gasteiger partial charge in [0.2, 0.25) is 59.1 Å². The van der Waals surface area contributed by atoms with Gasteiger partial charge in [-0.05, 0) is 109 Å². The van der Waals surface area contributed by atoms with Crippen molar-refractivity contribution in [1.82, 2.24) is 67.4 Å². The highest BCUT2D eigenvalue weighted by atomic mass is 19.1. The number of amides is 10. The highest BCUT2D eigenvalue weighted by Gasteiger charge is 2.48. The SMILES string of the molecule is COc1ccc(C[C@@H]2NC(=O)[C@H](Cc3cnc[nH]3)NC(=O)[C@H](CC(=O)O)NC(=O)[C@H](Cc3c[nH]c4ccc(F)cc34)NC(=O)[C@H](Cc3c[nH]c4ccc(F)cc34)NC(=O)[C@@H](C)NC(=O)CCCC(=O)NCc3ccc(cc3)C[C@@H](C(N)=O)NC(=O)[C@]3(C)CCCN3C2=O)cc1. The molecule has 2 bridgehead atoms. The number of benzene rings is 4. The van der Waals surface area contributed by atoms with E-state index in [1.807, 2.05) is 0 Å². The van der Waals surface area contributed by atoms with Crippen LogP contribution < -0.4 is 53.0 Å². The fourth-order valence-electron chi connectivity index (χ4n) is 11.7. The lowest BCUT2D eigenvalue weighted by Crippen LogP contribution is -2.63. The Bertz CT molecular complexity index is 4010. The number of carbonyl (C=O) groups is 11. The Labute approximate surface area is 542 Å². The third-order valence-electron chi connectivity index (χ3n) is 17.0. The molecule has 10 amide bonds. The first-order chi connectivity index (χ1) is 45.4. The van der Waals surface area contributed by atoms with Crippen LogP contribution in [0.15, 0.2) is 110 Å². The van der Waals surface area contributed by atoms with Gasteiger partial charge in [-0.3, -0.25) is 52.7 Å². The normalized spacial score (nSPS) is 23.0. The number of carboxylic acid groups (broad SMARTS) is 1. The van der Waals surface area contributed by atoms with Crippen LogP contribution >= 0.6 is 0 Å². The number of aliphatic carboxylic acids is 1. The summed E-state index contributed by atoms with van der Waals surface area (Å²) in [6, 6.07) is 9.88. The summed E-state index contributed by atoms with van der Waals surface area (Å²) in [6.45, 7) is 2.97. The lowest BCUT2D eigenvalue weighted by atomic mass is 9.94. The van der Waals surface area contributed by atoms with Crippen LogP contribution in [0.1, 0.15) is 85.9 Å². The number of aromatic nitrogens is 4. The predicted molar refractivity (Wildman–Crippen MR) is 339 cm³/mol. The number of primary amides is 1. The average molecular weight is 1310 g/mol. The molecule has 0 unspecified atom stereocenters. The highest BCUT2D eigenvalue weighted by molar-refractivity contribution is 6.00. The Balaban J connectivity index is 1.07. The fourth-order valence-corrected chi connectivity index (χ4v) is 11.7. The Morgan fingerprint density at radius 1 is 0.642 bits per heavy atom. The number of carbonyl (C=O) groups excluding carboxylic acids is 10. The van der Waals surface area contributed by atoms with Gasteiger partial charge < -0.3 is 78.0 Å². The zero-order valence-electron chi connectivity index (χ0n) is 52.2. The minimum absolute atomic E-state index is 0.0235. The van der Waals surface area contributed by atoms with E-state index in [4.69, 9.17) is 10.5 Å². The van der Waals surface area contributed by atoms with Crippen LogP contribution in [0.3, 0.4) is 0 Å². The highest BCUT2D eigenvalue weighted by Crippen LogP contribution is 2.31. The summed E-state index contributed by atoms with van der Waals surface area (Å²) in [7, 11) is 1.46. The van der Waals surface area contributed by atoms with Gasteiger partial charge in [0.25, 0.3) is 0 Å². The molecule has 14 N–H and O–H groups in total. The number of H-pyrrole nitrogens is 3. The number of nitrogens with one attached hydrogen (secondary N) is 11. The van der Waals surface area contributed by atoms with Crippen LogP contribution in [0, 0.1) is 11.6 Å². The summed E-state index contributed by atoms with van der Waals surface area (Å²) < 4.78 is 35.0. The number of hydrogen-bond acceptors (Lipinski definition) is 13. The van der Waals surface area contributed by atoms with Crippen molar-refractivity contribution in [1.29, 1.82) is 0 Å². The number of halogens is 2. The molecule has 10 rings (SSSR count). The Kier molecular flexibility index (Phi) is 22.0. The van der Waals surface area contributed by atoms with E-state index in [0.717, 1.165) is 0 Å². The lowest BCUT2D eigenvalue weighted by molar-refractivity contribution is -0.147. The second-order valence-corrected chi connectivity index (χ2v) is 23.9. The number of fused-ring (bicyclic) bond motifs is 31. The fraction of sp³-hybridized carbons (Fsp3) is 0.364. The first kappa shape index (κ1) is 68.4. The van der Waals surface area contributed by atoms with Crippen molar-refractivity contribution in [2.75, 3.05) is 13.7 Å². The zero-order valence-corrected chi connectivity index (χ0v) is 52.2. The molecule has 0 spiro atoms. The summed E-state index contributed by atoms with van der Waals surface area (Å²) in [5.74, 6) is -11.1. The Hall–Kier alpha value is -11.0. The molecule has 3 aliphatic rings. The van der Waals surface area contributed by atoms with Gasteiger partial charge in [-0.2, -0.15) is 0 Å². The number of aromatic amines is 3. The van der Waals surface area contributed by atoms with Gasteiger partial charge in [0.15, 0.2) is 0 Å². The number of nitrogens with two attached hydrogens (primary N) is 1. The average Bonchev–Trinajstić information content (AvgIpc) is 1.70.